The molecule has 38 heavy (non-hydrogen) atoms. The summed E-state index contributed by atoms with van der Waals surface area (Å²) in [6.45, 7) is 13.8. The average molecular weight is 531 g/mol. The molecule has 1 heteroatoms. The van der Waals surface area contributed by atoms with E-state index >= 15 is 0 Å². The minimum atomic E-state index is 0.198. The van der Waals surface area contributed by atoms with Crippen LogP contribution in [0.3, 0.4) is 0 Å². The number of allylic oxidation sites excluding steroid dienone is 5. The van der Waals surface area contributed by atoms with Gasteiger partial charge >= 0.3 is 0 Å². The number of ether oxygens (including phenoxy) is 1. The Hall–Kier alpha value is -0.980. The van der Waals surface area contributed by atoms with Gasteiger partial charge in [-0.3, -0.25) is 0 Å². The predicted octanol–water partition coefficient (Wildman–Crippen LogP) is 13.3. The van der Waals surface area contributed by atoms with Crippen LogP contribution in [0, 0.1) is 11.3 Å². The molecule has 1 unspecified atom stereocenters. The third kappa shape index (κ3) is 25.3. The van der Waals surface area contributed by atoms with Crippen LogP contribution in [0.2, 0.25) is 0 Å². The van der Waals surface area contributed by atoms with Gasteiger partial charge in [0.15, 0.2) is 0 Å². The van der Waals surface area contributed by atoms with Crippen LogP contribution in [0.1, 0.15) is 183 Å². The molecule has 0 rings (SSSR count). The van der Waals surface area contributed by atoms with Crippen LogP contribution in [-0.2, 0) is 4.74 Å². The highest BCUT2D eigenvalue weighted by Crippen LogP contribution is 2.28. The fourth-order valence-corrected chi connectivity index (χ4v) is 4.66. The SMILES string of the molecule is CCCCC/C=C\C/C=C\CCCCCCCCC(CCCCCCCCCC)O/C=C/C(C)(C)C(C)C. The van der Waals surface area contributed by atoms with Crippen molar-refractivity contribution >= 4 is 0 Å². The van der Waals surface area contributed by atoms with E-state index in [-0.39, 0.29) is 5.41 Å². The maximum absolute atomic E-state index is 6.32. The summed E-state index contributed by atoms with van der Waals surface area (Å²) >= 11 is 0. The first-order valence-corrected chi connectivity index (χ1v) is 17.1. The summed E-state index contributed by atoms with van der Waals surface area (Å²) in [5, 5.41) is 0. The van der Waals surface area contributed by atoms with Crippen molar-refractivity contribution in [3.63, 3.8) is 0 Å². The van der Waals surface area contributed by atoms with E-state index in [0.717, 1.165) is 6.42 Å². The Bertz CT molecular complexity index is 553. The van der Waals surface area contributed by atoms with Crippen LogP contribution in [0.4, 0.5) is 0 Å². The molecule has 0 aromatic rings. The normalized spacial score (nSPS) is 13.6. The van der Waals surface area contributed by atoms with E-state index in [9.17, 15) is 0 Å². The topological polar surface area (TPSA) is 9.23 Å². The Balaban J connectivity index is 4.03. The molecule has 0 radical (unpaired) electrons. The van der Waals surface area contributed by atoms with Crippen molar-refractivity contribution in [2.24, 2.45) is 11.3 Å². The highest BCUT2D eigenvalue weighted by atomic mass is 16.5. The molecular weight excluding hydrogens is 460 g/mol. The molecular formula is C37H70O. The molecule has 0 bridgehead atoms. The van der Waals surface area contributed by atoms with Crippen molar-refractivity contribution in [2.75, 3.05) is 0 Å². The lowest BCUT2D eigenvalue weighted by atomic mass is 9.81. The monoisotopic (exact) mass is 531 g/mol. The van der Waals surface area contributed by atoms with Gasteiger partial charge < -0.3 is 4.74 Å². The molecule has 0 aliphatic rings. The van der Waals surface area contributed by atoms with Crippen LogP contribution in [-0.4, -0.2) is 6.10 Å². The Kier molecular flexibility index (Phi) is 26.9. The number of hydrogen-bond acceptors (Lipinski definition) is 1. The number of rotatable bonds is 28. The van der Waals surface area contributed by atoms with Gasteiger partial charge in [0.2, 0.25) is 0 Å². The zero-order chi connectivity index (χ0) is 28.2. The van der Waals surface area contributed by atoms with Crippen molar-refractivity contribution in [3.05, 3.63) is 36.6 Å². The smallest absolute Gasteiger partial charge is 0.0978 e. The van der Waals surface area contributed by atoms with Gasteiger partial charge in [0, 0.05) is 0 Å². The number of unbranched alkanes of at least 4 members (excludes halogenated alkanes) is 16. The van der Waals surface area contributed by atoms with E-state index < -0.39 is 0 Å². The molecule has 0 fully saturated rings. The highest BCUT2D eigenvalue weighted by molar-refractivity contribution is 4.93. The van der Waals surface area contributed by atoms with E-state index in [2.05, 4.69) is 71.9 Å². The quantitative estimate of drug-likeness (QED) is 0.0555. The maximum atomic E-state index is 6.32. The predicted molar refractivity (Wildman–Crippen MR) is 174 cm³/mol. The second-order valence-corrected chi connectivity index (χ2v) is 12.7. The Labute approximate surface area is 241 Å². The molecule has 0 aliphatic heterocycles. The zero-order valence-corrected chi connectivity index (χ0v) is 27.1. The van der Waals surface area contributed by atoms with Gasteiger partial charge in [-0.2, -0.15) is 0 Å². The van der Waals surface area contributed by atoms with E-state index in [1.807, 2.05) is 6.26 Å². The maximum Gasteiger partial charge on any atom is 0.0978 e. The first kappa shape index (κ1) is 37.0. The summed E-state index contributed by atoms with van der Waals surface area (Å²) in [5.74, 6) is 0.626. The minimum Gasteiger partial charge on any atom is -0.498 e. The third-order valence-electron chi connectivity index (χ3n) is 8.36. The van der Waals surface area contributed by atoms with Gasteiger partial charge in [-0.25, -0.2) is 0 Å². The first-order chi connectivity index (χ1) is 18.4. The molecule has 0 saturated heterocycles. The van der Waals surface area contributed by atoms with Gasteiger partial charge in [-0.1, -0.05) is 149 Å². The van der Waals surface area contributed by atoms with Gasteiger partial charge in [0.25, 0.3) is 0 Å². The van der Waals surface area contributed by atoms with Crippen molar-refractivity contribution in [1.29, 1.82) is 0 Å². The van der Waals surface area contributed by atoms with Gasteiger partial charge in [-0.15, -0.1) is 0 Å². The standard InChI is InChI=1S/C37H70O/c1-7-9-11-13-15-17-18-19-20-21-22-23-24-26-28-30-32-36(38-34-33-37(5,6)35(3)4)31-29-27-25-16-14-12-10-8-2/h15,17,19-20,33-36H,7-14,16,18,21-32H2,1-6H3/b17-15-,20-19-,34-33+. The first-order valence-electron chi connectivity index (χ1n) is 17.1. The third-order valence-corrected chi connectivity index (χ3v) is 8.36. The molecule has 0 saturated carbocycles. The van der Waals surface area contributed by atoms with Gasteiger partial charge in [-0.05, 0) is 75.2 Å². The van der Waals surface area contributed by atoms with E-state index in [4.69, 9.17) is 4.74 Å². The van der Waals surface area contributed by atoms with Crippen molar-refractivity contribution in [1.82, 2.24) is 0 Å². The lowest BCUT2D eigenvalue weighted by Crippen LogP contribution is -2.16. The second-order valence-electron chi connectivity index (χ2n) is 12.7. The fourth-order valence-electron chi connectivity index (χ4n) is 4.66. The summed E-state index contributed by atoms with van der Waals surface area (Å²) in [6, 6.07) is 0. The lowest BCUT2D eigenvalue weighted by molar-refractivity contribution is 0.117. The minimum absolute atomic E-state index is 0.198. The molecule has 0 amide bonds. The van der Waals surface area contributed by atoms with E-state index in [1.165, 1.54) is 135 Å². The molecule has 1 nitrogen and oxygen atoms in total. The zero-order valence-electron chi connectivity index (χ0n) is 27.1. The summed E-state index contributed by atoms with van der Waals surface area (Å²) in [4.78, 5) is 0. The fraction of sp³-hybridized carbons (Fsp3) is 0.838. The van der Waals surface area contributed by atoms with Crippen LogP contribution in [0.25, 0.3) is 0 Å². The van der Waals surface area contributed by atoms with Gasteiger partial charge in [0.05, 0.1) is 12.4 Å². The Morgan fingerprint density at radius 3 is 1.47 bits per heavy atom. The lowest BCUT2D eigenvalue weighted by Gasteiger charge is -2.25. The molecule has 0 N–H and O–H groups in total. The molecule has 0 heterocycles. The van der Waals surface area contributed by atoms with Crippen LogP contribution in [0.5, 0.6) is 0 Å². The van der Waals surface area contributed by atoms with Crippen LogP contribution < -0.4 is 0 Å². The Morgan fingerprint density at radius 2 is 0.974 bits per heavy atom. The second kappa shape index (κ2) is 27.6. The molecule has 1 atom stereocenters. The number of hydrogen-bond donors (Lipinski definition) is 0. The summed E-state index contributed by atoms with van der Waals surface area (Å²) in [7, 11) is 0. The molecule has 0 spiro atoms. The largest absolute Gasteiger partial charge is 0.498 e. The summed E-state index contributed by atoms with van der Waals surface area (Å²) in [6.07, 6.45) is 43.5. The molecule has 0 aromatic carbocycles. The van der Waals surface area contributed by atoms with Crippen molar-refractivity contribution < 1.29 is 4.74 Å². The molecule has 0 aromatic heterocycles. The van der Waals surface area contributed by atoms with Gasteiger partial charge in [0.1, 0.15) is 0 Å². The summed E-state index contributed by atoms with van der Waals surface area (Å²) in [5.41, 5.74) is 0.198. The van der Waals surface area contributed by atoms with Crippen LogP contribution in [0.15, 0.2) is 36.6 Å². The Morgan fingerprint density at radius 1 is 0.553 bits per heavy atom. The van der Waals surface area contributed by atoms with Crippen molar-refractivity contribution in [3.8, 4) is 0 Å². The van der Waals surface area contributed by atoms with E-state index in [0.29, 0.717) is 12.0 Å². The molecule has 224 valence electrons. The highest BCUT2D eigenvalue weighted by Gasteiger charge is 2.19. The summed E-state index contributed by atoms with van der Waals surface area (Å²) < 4.78 is 6.32. The molecule has 0 aliphatic carbocycles. The van der Waals surface area contributed by atoms with Crippen LogP contribution >= 0.6 is 0 Å². The van der Waals surface area contributed by atoms with E-state index in [1.54, 1.807) is 0 Å². The van der Waals surface area contributed by atoms with Crippen molar-refractivity contribution in [2.45, 2.75) is 189 Å². The average Bonchev–Trinajstić information content (AvgIpc) is 2.89.